The Morgan fingerprint density at radius 3 is 3.12 bits per heavy atom. The van der Waals surface area contributed by atoms with Gasteiger partial charge in [-0.3, -0.25) is 4.98 Å². The lowest BCUT2D eigenvalue weighted by Gasteiger charge is -2.15. The van der Waals surface area contributed by atoms with Crippen molar-refractivity contribution in [3.63, 3.8) is 0 Å². The SMILES string of the molecule is Cc1cc(-c2cccn2C2CCOC2)ccn1. The summed E-state index contributed by atoms with van der Waals surface area (Å²) < 4.78 is 7.78. The van der Waals surface area contributed by atoms with Crippen molar-refractivity contribution in [3.8, 4) is 11.3 Å². The predicted molar refractivity (Wildman–Crippen MR) is 66.9 cm³/mol. The van der Waals surface area contributed by atoms with Gasteiger partial charge in [0.1, 0.15) is 0 Å². The van der Waals surface area contributed by atoms with Crippen molar-refractivity contribution < 1.29 is 4.74 Å². The minimum Gasteiger partial charge on any atom is -0.379 e. The molecule has 1 unspecified atom stereocenters. The van der Waals surface area contributed by atoms with E-state index in [-0.39, 0.29) is 0 Å². The molecule has 2 aromatic heterocycles. The Balaban J connectivity index is 2.00. The highest BCUT2D eigenvalue weighted by molar-refractivity contribution is 5.60. The number of ether oxygens (including phenoxy) is 1. The Bertz CT molecular complexity index is 512. The zero-order chi connectivity index (χ0) is 11.7. The van der Waals surface area contributed by atoms with E-state index in [2.05, 4.69) is 40.0 Å². The Labute approximate surface area is 101 Å². The van der Waals surface area contributed by atoms with E-state index in [1.165, 1.54) is 11.3 Å². The average Bonchev–Trinajstić information content (AvgIpc) is 3.00. The zero-order valence-corrected chi connectivity index (χ0v) is 9.97. The molecule has 3 rings (SSSR count). The number of aromatic nitrogens is 2. The van der Waals surface area contributed by atoms with Crippen LogP contribution in [0.2, 0.25) is 0 Å². The van der Waals surface area contributed by atoms with Gasteiger partial charge in [0.2, 0.25) is 0 Å². The molecule has 0 radical (unpaired) electrons. The Kier molecular flexibility index (Phi) is 2.69. The van der Waals surface area contributed by atoms with Crippen LogP contribution in [0.3, 0.4) is 0 Å². The van der Waals surface area contributed by atoms with Crippen molar-refractivity contribution >= 4 is 0 Å². The minimum atomic E-state index is 0.480. The van der Waals surface area contributed by atoms with Crippen LogP contribution in [0.15, 0.2) is 36.7 Å². The van der Waals surface area contributed by atoms with Gasteiger partial charge in [-0.2, -0.15) is 0 Å². The highest BCUT2D eigenvalue weighted by Gasteiger charge is 2.19. The summed E-state index contributed by atoms with van der Waals surface area (Å²) in [5.41, 5.74) is 3.54. The minimum absolute atomic E-state index is 0.480. The van der Waals surface area contributed by atoms with Crippen LogP contribution in [0.1, 0.15) is 18.2 Å². The number of aryl methyl sites for hydroxylation is 1. The number of hydrogen-bond acceptors (Lipinski definition) is 2. The second kappa shape index (κ2) is 4.34. The highest BCUT2D eigenvalue weighted by Crippen LogP contribution is 2.27. The molecule has 3 heterocycles. The van der Waals surface area contributed by atoms with E-state index in [1.807, 2.05) is 13.1 Å². The third-order valence-electron chi connectivity index (χ3n) is 3.27. The molecule has 0 amide bonds. The molecule has 17 heavy (non-hydrogen) atoms. The number of hydrogen-bond donors (Lipinski definition) is 0. The molecule has 0 aliphatic carbocycles. The van der Waals surface area contributed by atoms with Crippen LogP contribution in [0.4, 0.5) is 0 Å². The summed E-state index contributed by atoms with van der Waals surface area (Å²) in [5, 5.41) is 0. The second-order valence-electron chi connectivity index (χ2n) is 4.50. The Hall–Kier alpha value is -1.61. The summed E-state index contributed by atoms with van der Waals surface area (Å²) >= 11 is 0. The molecule has 0 bridgehead atoms. The molecule has 3 nitrogen and oxygen atoms in total. The first-order valence-corrected chi connectivity index (χ1v) is 6.02. The molecule has 2 aromatic rings. The standard InChI is InChI=1S/C14H16N2O/c1-11-9-12(4-6-15-11)14-3-2-7-16(14)13-5-8-17-10-13/h2-4,6-7,9,13H,5,8,10H2,1H3. The van der Waals surface area contributed by atoms with Crippen LogP contribution in [0.5, 0.6) is 0 Å². The van der Waals surface area contributed by atoms with Gasteiger partial charge < -0.3 is 9.30 Å². The van der Waals surface area contributed by atoms with Gasteiger partial charge in [0.25, 0.3) is 0 Å². The fraction of sp³-hybridized carbons (Fsp3) is 0.357. The topological polar surface area (TPSA) is 27.1 Å². The fourth-order valence-corrected chi connectivity index (χ4v) is 2.40. The summed E-state index contributed by atoms with van der Waals surface area (Å²) in [6.07, 6.45) is 5.11. The van der Waals surface area contributed by atoms with Crippen molar-refractivity contribution in [2.45, 2.75) is 19.4 Å². The molecular weight excluding hydrogens is 212 g/mol. The van der Waals surface area contributed by atoms with E-state index in [9.17, 15) is 0 Å². The third kappa shape index (κ3) is 1.98. The van der Waals surface area contributed by atoms with Gasteiger partial charge in [0.15, 0.2) is 0 Å². The summed E-state index contributed by atoms with van der Waals surface area (Å²) in [4.78, 5) is 4.24. The highest BCUT2D eigenvalue weighted by atomic mass is 16.5. The van der Waals surface area contributed by atoms with Crippen LogP contribution >= 0.6 is 0 Å². The average molecular weight is 228 g/mol. The van der Waals surface area contributed by atoms with Gasteiger partial charge in [0.05, 0.1) is 12.6 Å². The van der Waals surface area contributed by atoms with Gasteiger partial charge in [-0.05, 0) is 37.6 Å². The molecule has 0 spiro atoms. The van der Waals surface area contributed by atoms with Gasteiger partial charge >= 0.3 is 0 Å². The van der Waals surface area contributed by atoms with Crippen LogP contribution in [0, 0.1) is 6.92 Å². The van der Waals surface area contributed by atoms with Crippen molar-refractivity contribution in [3.05, 3.63) is 42.4 Å². The fourth-order valence-electron chi connectivity index (χ4n) is 2.40. The van der Waals surface area contributed by atoms with Gasteiger partial charge in [-0.25, -0.2) is 0 Å². The van der Waals surface area contributed by atoms with E-state index >= 15 is 0 Å². The van der Waals surface area contributed by atoms with Crippen LogP contribution in [-0.2, 0) is 4.74 Å². The van der Waals surface area contributed by atoms with Crippen LogP contribution in [0.25, 0.3) is 11.3 Å². The first-order valence-electron chi connectivity index (χ1n) is 6.02. The quantitative estimate of drug-likeness (QED) is 0.790. The lowest BCUT2D eigenvalue weighted by molar-refractivity contribution is 0.187. The Morgan fingerprint density at radius 1 is 1.41 bits per heavy atom. The summed E-state index contributed by atoms with van der Waals surface area (Å²) in [6, 6.07) is 8.93. The first-order chi connectivity index (χ1) is 8.34. The smallest absolute Gasteiger partial charge is 0.0674 e. The summed E-state index contributed by atoms with van der Waals surface area (Å²) in [5.74, 6) is 0. The molecule has 1 aliphatic heterocycles. The summed E-state index contributed by atoms with van der Waals surface area (Å²) in [7, 11) is 0. The molecule has 1 aliphatic rings. The van der Waals surface area contributed by atoms with E-state index in [4.69, 9.17) is 4.74 Å². The van der Waals surface area contributed by atoms with Gasteiger partial charge in [-0.1, -0.05) is 0 Å². The van der Waals surface area contributed by atoms with E-state index in [1.54, 1.807) is 0 Å². The van der Waals surface area contributed by atoms with Crippen molar-refractivity contribution in [2.24, 2.45) is 0 Å². The second-order valence-corrected chi connectivity index (χ2v) is 4.50. The number of nitrogens with zero attached hydrogens (tertiary/aromatic N) is 2. The zero-order valence-electron chi connectivity index (χ0n) is 9.97. The lowest BCUT2D eigenvalue weighted by atomic mass is 10.1. The van der Waals surface area contributed by atoms with Gasteiger partial charge in [-0.15, -0.1) is 0 Å². The molecule has 1 fully saturated rings. The lowest BCUT2D eigenvalue weighted by Crippen LogP contribution is -2.08. The van der Waals surface area contributed by atoms with Crippen molar-refractivity contribution in [1.82, 2.24) is 9.55 Å². The molecular formula is C14H16N2O. The normalized spacial score (nSPS) is 19.7. The molecule has 1 atom stereocenters. The molecule has 3 heteroatoms. The predicted octanol–water partition coefficient (Wildman–Crippen LogP) is 2.82. The Morgan fingerprint density at radius 2 is 2.35 bits per heavy atom. The molecule has 0 N–H and O–H groups in total. The van der Waals surface area contributed by atoms with E-state index in [0.29, 0.717) is 6.04 Å². The largest absolute Gasteiger partial charge is 0.379 e. The maximum atomic E-state index is 5.46. The van der Waals surface area contributed by atoms with Crippen molar-refractivity contribution in [2.75, 3.05) is 13.2 Å². The first kappa shape index (κ1) is 10.5. The van der Waals surface area contributed by atoms with Gasteiger partial charge in [0, 0.05) is 36.0 Å². The maximum absolute atomic E-state index is 5.46. The van der Waals surface area contributed by atoms with Crippen molar-refractivity contribution in [1.29, 1.82) is 0 Å². The summed E-state index contributed by atoms with van der Waals surface area (Å²) in [6.45, 7) is 3.72. The molecule has 1 saturated heterocycles. The maximum Gasteiger partial charge on any atom is 0.0674 e. The molecule has 0 saturated carbocycles. The van der Waals surface area contributed by atoms with Crippen LogP contribution in [-0.4, -0.2) is 22.8 Å². The monoisotopic (exact) mass is 228 g/mol. The molecule has 88 valence electrons. The number of pyridine rings is 1. The van der Waals surface area contributed by atoms with E-state index in [0.717, 1.165) is 25.3 Å². The van der Waals surface area contributed by atoms with Crippen LogP contribution < -0.4 is 0 Å². The molecule has 0 aromatic carbocycles. The number of rotatable bonds is 2. The third-order valence-corrected chi connectivity index (χ3v) is 3.27. The van der Waals surface area contributed by atoms with E-state index < -0.39 is 0 Å².